The van der Waals surface area contributed by atoms with Crippen LogP contribution >= 0.6 is 0 Å². The van der Waals surface area contributed by atoms with Crippen LogP contribution in [0.2, 0.25) is 0 Å². The Morgan fingerprint density at radius 2 is 1.85 bits per heavy atom. The Hall–Kier alpha value is -0.420. The Kier molecular flexibility index (Phi) is 5.90. The first-order valence-electron chi connectivity index (χ1n) is 3.53. The average Bonchev–Trinajstić information content (AvgIpc) is 2.57. The molecule has 0 bridgehead atoms. The molecule has 0 fully saturated rings. The molecule has 0 spiro atoms. The summed E-state index contributed by atoms with van der Waals surface area (Å²) in [5, 5.41) is 8.25. The van der Waals surface area contributed by atoms with Gasteiger partial charge < -0.3 is 5.11 Å². The van der Waals surface area contributed by atoms with Crippen LogP contribution in [0.25, 0.3) is 5.78 Å². The van der Waals surface area contributed by atoms with E-state index in [0.717, 1.165) is 18.6 Å². The summed E-state index contributed by atoms with van der Waals surface area (Å²) < 4.78 is 1.94. The van der Waals surface area contributed by atoms with Gasteiger partial charge in [-0.2, -0.15) is 7.11 Å². The van der Waals surface area contributed by atoms with E-state index in [2.05, 4.69) is 9.97 Å². The van der Waals surface area contributed by atoms with E-state index >= 15 is 0 Å². The molecule has 4 nitrogen and oxygen atoms in total. The van der Waals surface area contributed by atoms with Crippen LogP contribution in [0.1, 0.15) is 5.69 Å². The summed E-state index contributed by atoms with van der Waals surface area (Å²) in [5.74, 6) is 0.764. The molecule has 0 unspecified atom stereocenters. The standard InChI is InChI=1S/C7H7N3.CH3O.Na/c1-6-2-3-8-7-9-4-5-10(6)7;1-2;/h2-5H,1H3;1H3;/q;-1;+1. The van der Waals surface area contributed by atoms with Crippen LogP contribution in [-0.2, 0) is 0 Å². The van der Waals surface area contributed by atoms with Gasteiger partial charge in [-0.1, -0.05) is 0 Å². The van der Waals surface area contributed by atoms with Gasteiger partial charge in [0, 0.05) is 24.3 Å². The summed E-state index contributed by atoms with van der Waals surface area (Å²) in [6.07, 6.45) is 5.41. The number of aryl methyl sites for hydroxylation is 1. The monoisotopic (exact) mass is 187 g/mol. The van der Waals surface area contributed by atoms with Crippen LogP contribution in [0.3, 0.4) is 0 Å². The average molecular weight is 187 g/mol. The summed E-state index contributed by atoms with van der Waals surface area (Å²) in [5.41, 5.74) is 1.16. The minimum atomic E-state index is 0. The molecular weight excluding hydrogens is 177 g/mol. The second-order valence-electron chi connectivity index (χ2n) is 2.18. The third-order valence-corrected chi connectivity index (χ3v) is 1.51. The third kappa shape index (κ3) is 2.77. The first-order valence-corrected chi connectivity index (χ1v) is 3.53. The van der Waals surface area contributed by atoms with Gasteiger partial charge in [-0.3, -0.25) is 4.40 Å². The molecule has 0 atom stereocenters. The van der Waals surface area contributed by atoms with Gasteiger partial charge in [0.2, 0.25) is 5.78 Å². The van der Waals surface area contributed by atoms with Crippen molar-refractivity contribution in [2.24, 2.45) is 0 Å². The van der Waals surface area contributed by atoms with Crippen molar-refractivity contribution in [2.75, 3.05) is 7.11 Å². The zero-order valence-corrected chi connectivity index (χ0v) is 10.1. The SMILES string of the molecule is C[O-].Cc1ccnc2nccn12.[Na+]. The van der Waals surface area contributed by atoms with Crippen molar-refractivity contribution in [1.29, 1.82) is 0 Å². The Bertz CT molecular complexity index is 361. The van der Waals surface area contributed by atoms with Gasteiger partial charge in [-0.05, 0) is 13.0 Å². The van der Waals surface area contributed by atoms with Crippen LogP contribution in [0, 0.1) is 6.92 Å². The predicted molar refractivity (Wildman–Crippen MR) is 43.6 cm³/mol. The molecule has 0 N–H and O–H groups in total. The van der Waals surface area contributed by atoms with Gasteiger partial charge in [0.1, 0.15) is 0 Å². The zero-order valence-electron chi connectivity index (χ0n) is 8.06. The van der Waals surface area contributed by atoms with Crippen molar-refractivity contribution in [1.82, 2.24) is 14.4 Å². The number of rotatable bonds is 0. The first kappa shape index (κ1) is 12.6. The van der Waals surface area contributed by atoms with Gasteiger partial charge in [-0.15, -0.1) is 0 Å². The number of hydrogen-bond donors (Lipinski definition) is 0. The number of hydrogen-bond acceptors (Lipinski definition) is 3. The van der Waals surface area contributed by atoms with E-state index in [1.807, 2.05) is 23.6 Å². The number of nitrogens with zero attached hydrogens (tertiary/aromatic N) is 3. The number of aromatic nitrogens is 3. The van der Waals surface area contributed by atoms with Gasteiger partial charge in [0.05, 0.1) is 0 Å². The summed E-state index contributed by atoms with van der Waals surface area (Å²) in [6.45, 7) is 2.02. The van der Waals surface area contributed by atoms with Crippen molar-refractivity contribution in [2.45, 2.75) is 6.92 Å². The minimum absolute atomic E-state index is 0. The van der Waals surface area contributed by atoms with E-state index in [9.17, 15) is 0 Å². The van der Waals surface area contributed by atoms with Crippen molar-refractivity contribution in [3.8, 4) is 0 Å². The molecule has 0 aliphatic carbocycles. The summed E-state index contributed by atoms with van der Waals surface area (Å²) in [4.78, 5) is 8.09. The fourth-order valence-electron chi connectivity index (χ4n) is 0.958. The fraction of sp³-hybridized carbons (Fsp3) is 0.250. The Balaban J connectivity index is 0.000000451. The number of fused-ring (bicyclic) bond motifs is 1. The van der Waals surface area contributed by atoms with Crippen LogP contribution in [0.5, 0.6) is 0 Å². The third-order valence-electron chi connectivity index (χ3n) is 1.51. The molecule has 0 aliphatic rings. The Labute approximate surface area is 98.9 Å². The normalized spacial score (nSPS) is 8.54. The Morgan fingerprint density at radius 1 is 1.23 bits per heavy atom. The molecule has 0 saturated heterocycles. The molecule has 2 aromatic rings. The van der Waals surface area contributed by atoms with E-state index < -0.39 is 0 Å². The summed E-state index contributed by atoms with van der Waals surface area (Å²) >= 11 is 0. The maximum atomic E-state index is 8.25. The maximum absolute atomic E-state index is 8.25. The van der Waals surface area contributed by atoms with Gasteiger partial charge in [-0.25, -0.2) is 9.97 Å². The van der Waals surface area contributed by atoms with Crippen molar-refractivity contribution >= 4 is 5.78 Å². The molecule has 13 heavy (non-hydrogen) atoms. The topological polar surface area (TPSA) is 53.2 Å². The smallest absolute Gasteiger partial charge is 0.857 e. The van der Waals surface area contributed by atoms with Gasteiger partial charge >= 0.3 is 29.6 Å². The zero-order chi connectivity index (χ0) is 8.97. The number of imidazole rings is 1. The fourth-order valence-corrected chi connectivity index (χ4v) is 0.958. The molecule has 0 amide bonds. The maximum Gasteiger partial charge on any atom is 1.00 e. The largest absolute Gasteiger partial charge is 1.00 e. The van der Waals surface area contributed by atoms with Gasteiger partial charge in [0.15, 0.2) is 0 Å². The predicted octanol–water partition coefficient (Wildman–Crippen LogP) is -2.98. The van der Waals surface area contributed by atoms with Crippen LogP contribution in [-0.4, -0.2) is 21.5 Å². The molecule has 2 rings (SSSR count). The molecule has 0 saturated carbocycles. The minimum Gasteiger partial charge on any atom is -0.857 e. The first-order chi connectivity index (χ1) is 5.88. The van der Waals surface area contributed by atoms with E-state index in [1.54, 1.807) is 12.4 Å². The van der Waals surface area contributed by atoms with Crippen molar-refractivity contribution < 1.29 is 34.7 Å². The van der Waals surface area contributed by atoms with Crippen LogP contribution in [0.15, 0.2) is 24.7 Å². The molecule has 0 radical (unpaired) electrons. The second kappa shape index (κ2) is 6.10. The van der Waals surface area contributed by atoms with E-state index in [4.69, 9.17) is 5.11 Å². The molecule has 0 aromatic carbocycles. The van der Waals surface area contributed by atoms with Crippen LogP contribution < -0.4 is 34.7 Å². The summed E-state index contributed by atoms with van der Waals surface area (Å²) in [7, 11) is 0.750. The van der Waals surface area contributed by atoms with Crippen molar-refractivity contribution in [3.63, 3.8) is 0 Å². The molecule has 64 valence electrons. The van der Waals surface area contributed by atoms with Gasteiger partial charge in [0.25, 0.3) is 0 Å². The molecular formula is C8H10N3NaO. The van der Waals surface area contributed by atoms with E-state index in [1.165, 1.54) is 0 Å². The second-order valence-corrected chi connectivity index (χ2v) is 2.18. The van der Waals surface area contributed by atoms with E-state index in [0.29, 0.717) is 0 Å². The summed E-state index contributed by atoms with van der Waals surface area (Å²) in [6, 6.07) is 1.95. The molecule has 5 heteroatoms. The molecule has 0 aliphatic heterocycles. The Morgan fingerprint density at radius 3 is 2.46 bits per heavy atom. The van der Waals surface area contributed by atoms with Crippen molar-refractivity contribution in [3.05, 3.63) is 30.4 Å². The van der Waals surface area contributed by atoms with E-state index in [-0.39, 0.29) is 29.6 Å². The van der Waals surface area contributed by atoms with Crippen LogP contribution in [0.4, 0.5) is 0 Å². The molecule has 2 aromatic heterocycles. The quantitative estimate of drug-likeness (QED) is 0.413. The molecule has 2 heterocycles.